The number of carboxylic acid groups (broad SMARTS) is 1. The summed E-state index contributed by atoms with van der Waals surface area (Å²) in [5.41, 5.74) is 2.61. The Morgan fingerprint density at radius 1 is 1.36 bits per heavy atom. The van der Waals surface area contributed by atoms with Crippen molar-refractivity contribution in [2.75, 3.05) is 6.54 Å². The molecule has 3 rings (SSSR count). The molecule has 114 valence electrons. The van der Waals surface area contributed by atoms with Crippen molar-refractivity contribution in [2.45, 2.75) is 26.9 Å². The minimum absolute atomic E-state index is 0.0530. The lowest BCUT2D eigenvalue weighted by Crippen LogP contribution is -2.40. The maximum absolute atomic E-state index is 12.6. The number of carbonyl (C=O) groups is 2. The van der Waals surface area contributed by atoms with Gasteiger partial charge in [0, 0.05) is 30.5 Å². The van der Waals surface area contributed by atoms with Crippen molar-refractivity contribution in [3.63, 3.8) is 0 Å². The first-order valence-electron chi connectivity index (χ1n) is 6.99. The molecule has 0 aromatic carbocycles. The largest absolute Gasteiger partial charge is 0.476 e. The van der Waals surface area contributed by atoms with Crippen molar-refractivity contribution >= 4 is 11.9 Å². The van der Waals surface area contributed by atoms with Crippen molar-refractivity contribution in [2.24, 2.45) is 0 Å². The SMILES string of the molecule is Cc1ncccc1CN1CCn2nc(C(=O)O)c(C)c2C1=O. The fourth-order valence-corrected chi connectivity index (χ4v) is 2.70. The topological polar surface area (TPSA) is 88.3 Å². The predicted octanol–water partition coefficient (Wildman–Crippen LogP) is 1.25. The number of rotatable bonds is 3. The number of pyridine rings is 1. The van der Waals surface area contributed by atoms with Crippen LogP contribution >= 0.6 is 0 Å². The van der Waals surface area contributed by atoms with Crippen LogP contribution in [0, 0.1) is 13.8 Å². The quantitative estimate of drug-likeness (QED) is 0.921. The Morgan fingerprint density at radius 2 is 2.14 bits per heavy atom. The van der Waals surface area contributed by atoms with Gasteiger partial charge in [-0.15, -0.1) is 0 Å². The van der Waals surface area contributed by atoms with E-state index < -0.39 is 5.97 Å². The number of aromatic nitrogens is 3. The highest BCUT2D eigenvalue weighted by Gasteiger charge is 2.31. The van der Waals surface area contributed by atoms with Crippen LogP contribution in [0.25, 0.3) is 0 Å². The van der Waals surface area contributed by atoms with Crippen molar-refractivity contribution in [1.29, 1.82) is 0 Å². The lowest BCUT2D eigenvalue weighted by Gasteiger charge is -2.28. The molecular formula is C15H16N4O3. The summed E-state index contributed by atoms with van der Waals surface area (Å²) in [6, 6.07) is 3.78. The molecule has 0 fully saturated rings. The van der Waals surface area contributed by atoms with E-state index in [1.54, 1.807) is 18.0 Å². The van der Waals surface area contributed by atoms with E-state index >= 15 is 0 Å². The van der Waals surface area contributed by atoms with Gasteiger partial charge in [-0.25, -0.2) is 4.79 Å². The molecule has 22 heavy (non-hydrogen) atoms. The Kier molecular flexibility index (Phi) is 3.40. The van der Waals surface area contributed by atoms with Crippen molar-refractivity contribution in [3.8, 4) is 0 Å². The van der Waals surface area contributed by atoms with Gasteiger partial charge in [-0.3, -0.25) is 14.5 Å². The third-order valence-electron chi connectivity index (χ3n) is 3.94. The Balaban J connectivity index is 1.92. The Labute approximate surface area is 127 Å². The fourth-order valence-electron chi connectivity index (χ4n) is 2.70. The fraction of sp³-hybridized carbons (Fsp3) is 0.333. The predicted molar refractivity (Wildman–Crippen MR) is 77.6 cm³/mol. The van der Waals surface area contributed by atoms with Gasteiger partial charge in [-0.1, -0.05) is 6.07 Å². The first-order chi connectivity index (χ1) is 10.5. The standard InChI is InChI=1S/C15H16N4O3/c1-9-12(15(21)22)17-19-7-6-18(14(20)13(9)19)8-11-4-3-5-16-10(11)2/h3-5H,6-8H2,1-2H3,(H,21,22). The second-order valence-electron chi connectivity index (χ2n) is 5.33. The van der Waals surface area contributed by atoms with E-state index in [0.29, 0.717) is 30.9 Å². The van der Waals surface area contributed by atoms with Crippen molar-refractivity contribution in [3.05, 3.63) is 46.5 Å². The zero-order chi connectivity index (χ0) is 15.9. The average Bonchev–Trinajstić information content (AvgIpc) is 2.82. The number of carboxylic acids is 1. The Hall–Kier alpha value is -2.70. The van der Waals surface area contributed by atoms with Gasteiger partial charge in [0.2, 0.25) is 0 Å². The molecule has 1 amide bonds. The zero-order valence-corrected chi connectivity index (χ0v) is 12.4. The third kappa shape index (κ3) is 2.24. The Morgan fingerprint density at radius 3 is 2.82 bits per heavy atom. The van der Waals surface area contributed by atoms with Crippen molar-refractivity contribution in [1.82, 2.24) is 19.7 Å². The number of nitrogens with zero attached hydrogens (tertiary/aromatic N) is 4. The molecule has 0 radical (unpaired) electrons. The molecule has 0 atom stereocenters. The molecule has 0 unspecified atom stereocenters. The summed E-state index contributed by atoms with van der Waals surface area (Å²) in [5.74, 6) is -1.30. The molecule has 1 N–H and O–H groups in total. The van der Waals surface area contributed by atoms with E-state index in [4.69, 9.17) is 5.11 Å². The monoisotopic (exact) mass is 300 g/mol. The highest BCUT2D eigenvalue weighted by molar-refractivity contribution is 5.98. The first kappa shape index (κ1) is 14.2. The van der Waals surface area contributed by atoms with E-state index in [1.807, 2.05) is 19.1 Å². The van der Waals surface area contributed by atoms with Gasteiger partial charge in [-0.2, -0.15) is 5.10 Å². The van der Waals surface area contributed by atoms with E-state index in [-0.39, 0.29) is 11.6 Å². The number of fused-ring (bicyclic) bond motifs is 1. The number of amides is 1. The molecule has 2 aromatic heterocycles. The van der Waals surface area contributed by atoms with Crippen LogP contribution in [-0.2, 0) is 13.1 Å². The van der Waals surface area contributed by atoms with E-state index in [2.05, 4.69) is 10.1 Å². The molecule has 1 aliphatic heterocycles. The number of aryl methyl sites for hydroxylation is 1. The van der Waals surface area contributed by atoms with Crippen LogP contribution in [-0.4, -0.2) is 43.2 Å². The molecule has 2 aromatic rings. The van der Waals surface area contributed by atoms with Crippen LogP contribution in [0.15, 0.2) is 18.3 Å². The number of hydrogen-bond acceptors (Lipinski definition) is 4. The van der Waals surface area contributed by atoms with Crippen LogP contribution in [0.4, 0.5) is 0 Å². The van der Waals surface area contributed by atoms with Gasteiger partial charge in [0.1, 0.15) is 5.69 Å². The van der Waals surface area contributed by atoms with Crippen molar-refractivity contribution < 1.29 is 14.7 Å². The summed E-state index contributed by atoms with van der Waals surface area (Å²) in [6.07, 6.45) is 1.72. The van der Waals surface area contributed by atoms with Crippen LogP contribution in [0.5, 0.6) is 0 Å². The van der Waals surface area contributed by atoms with Crippen LogP contribution in [0.2, 0.25) is 0 Å². The van der Waals surface area contributed by atoms with Gasteiger partial charge in [-0.05, 0) is 25.5 Å². The van der Waals surface area contributed by atoms with Crippen LogP contribution < -0.4 is 0 Å². The van der Waals surface area contributed by atoms with Gasteiger partial charge in [0.15, 0.2) is 5.69 Å². The van der Waals surface area contributed by atoms with E-state index in [0.717, 1.165) is 11.3 Å². The zero-order valence-electron chi connectivity index (χ0n) is 12.4. The summed E-state index contributed by atoms with van der Waals surface area (Å²) in [7, 11) is 0. The van der Waals surface area contributed by atoms with E-state index in [9.17, 15) is 9.59 Å². The number of hydrogen-bond donors (Lipinski definition) is 1. The van der Waals surface area contributed by atoms with Crippen LogP contribution in [0.3, 0.4) is 0 Å². The lowest BCUT2D eigenvalue weighted by molar-refractivity contribution is 0.0670. The third-order valence-corrected chi connectivity index (χ3v) is 3.94. The molecule has 1 aliphatic rings. The summed E-state index contributed by atoms with van der Waals surface area (Å²) in [4.78, 5) is 29.7. The molecule has 0 spiro atoms. The summed E-state index contributed by atoms with van der Waals surface area (Å²) in [6.45, 7) is 4.99. The normalized spacial score (nSPS) is 14.1. The second kappa shape index (κ2) is 5.25. The van der Waals surface area contributed by atoms with Gasteiger partial charge < -0.3 is 10.0 Å². The van der Waals surface area contributed by atoms with Crippen LogP contribution in [0.1, 0.15) is 37.8 Å². The lowest BCUT2D eigenvalue weighted by atomic mass is 10.1. The maximum atomic E-state index is 12.6. The van der Waals surface area contributed by atoms with E-state index in [1.165, 1.54) is 4.68 Å². The number of carbonyl (C=O) groups excluding carboxylic acids is 1. The summed E-state index contributed by atoms with van der Waals surface area (Å²) < 4.78 is 1.49. The smallest absolute Gasteiger partial charge is 0.356 e. The van der Waals surface area contributed by atoms with Gasteiger partial charge in [0.05, 0.1) is 6.54 Å². The second-order valence-corrected chi connectivity index (χ2v) is 5.33. The first-order valence-corrected chi connectivity index (χ1v) is 6.99. The Bertz CT molecular complexity index is 766. The molecule has 0 saturated heterocycles. The highest BCUT2D eigenvalue weighted by atomic mass is 16.4. The minimum Gasteiger partial charge on any atom is -0.476 e. The molecule has 7 nitrogen and oxygen atoms in total. The molecule has 0 saturated carbocycles. The molecular weight excluding hydrogens is 284 g/mol. The summed E-state index contributed by atoms with van der Waals surface area (Å²) >= 11 is 0. The maximum Gasteiger partial charge on any atom is 0.356 e. The van der Waals surface area contributed by atoms with Gasteiger partial charge in [0.25, 0.3) is 5.91 Å². The average molecular weight is 300 g/mol. The molecule has 7 heteroatoms. The molecule has 0 aliphatic carbocycles. The number of aromatic carboxylic acids is 1. The summed E-state index contributed by atoms with van der Waals surface area (Å²) in [5, 5.41) is 13.1. The molecule has 0 bridgehead atoms. The molecule has 3 heterocycles. The van der Waals surface area contributed by atoms with Gasteiger partial charge >= 0.3 is 5.97 Å². The minimum atomic E-state index is -1.11. The highest BCUT2D eigenvalue weighted by Crippen LogP contribution is 2.21.